The summed E-state index contributed by atoms with van der Waals surface area (Å²) < 4.78 is 10.7. The van der Waals surface area contributed by atoms with Crippen LogP contribution in [0.5, 0.6) is 5.75 Å². The van der Waals surface area contributed by atoms with Crippen molar-refractivity contribution in [2.45, 2.75) is 10.9 Å². The lowest BCUT2D eigenvalue weighted by Crippen LogP contribution is -1.85. The highest BCUT2D eigenvalue weighted by Crippen LogP contribution is 2.26. The second kappa shape index (κ2) is 7.85. The number of oxazole rings is 1. The molecule has 0 amide bonds. The van der Waals surface area contributed by atoms with Crippen molar-refractivity contribution in [3.8, 4) is 28.6 Å². The van der Waals surface area contributed by atoms with E-state index in [-0.39, 0.29) is 0 Å². The monoisotopic (exact) mass is 398 g/mol. The molecule has 0 atom stereocenters. The zero-order valence-electron chi connectivity index (χ0n) is 14.3. The Labute approximate surface area is 165 Å². The van der Waals surface area contributed by atoms with E-state index in [0.717, 1.165) is 22.6 Å². The number of rotatable bonds is 6. The topological polar surface area (TPSA) is 76.8 Å². The quantitative estimate of drug-likeness (QED) is 0.456. The predicted molar refractivity (Wildman–Crippen MR) is 105 cm³/mol. The number of H-pyrrole nitrogens is 1. The minimum atomic E-state index is 0.574. The molecule has 1 N–H and O–H groups in total. The first-order chi connectivity index (χ1) is 13.2. The maximum absolute atomic E-state index is 5.91. The van der Waals surface area contributed by atoms with E-state index in [1.807, 2.05) is 48.5 Å². The van der Waals surface area contributed by atoms with Gasteiger partial charge in [-0.2, -0.15) is 0 Å². The number of methoxy groups -OCH3 is 1. The average molecular weight is 399 g/mol. The van der Waals surface area contributed by atoms with Crippen LogP contribution >= 0.6 is 23.4 Å². The van der Waals surface area contributed by atoms with Gasteiger partial charge in [-0.15, -0.1) is 5.10 Å². The number of aromatic amines is 1. The van der Waals surface area contributed by atoms with Gasteiger partial charge in [0.05, 0.1) is 12.8 Å². The standard InChI is InChI=1S/C19H15ClN4O2S/c1-25-16-8-4-13(5-9-16)18-21-15(10-26-18)11-27-19-22-17(23-24-19)12-2-6-14(20)7-3-12/h2-10H,11H2,1H3,(H,22,23,24). The molecule has 0 saturated carbocycles. The van der Waals surface area contributed by atoms with Gasteiger partial charge >= 0.3 is 0 Å². The molecule has 0 saturated heterocycles. The molecule has 6 nitrogen and oxygen atoms in total. The van der Waals surface area contributed by atoms with Crippen LogP contribution in [0.15, 0.2) is 64.4 Å². The lowest BCUT2D eigenvalue weighted by atomic mass is 10.2. The minimum absolute atomic E-state index is 0.574. The first kappa shape index (κ1) is 17.6. The van der Waals surface area contributed by atoms with Crippen molar-refractivity contribution in [1.82, 2.24) is 20.2 Å². The summed E-state index contributed by atoms with van der Waals surface area (Å²) in [6, 6.07) is 15.0. The molecule has 0 radical (unpaired) electrons. The van der Waals surface area contributed by atoms with Crippen molar-refractivity contribution >= 4 is 23.4 Å². The third-order valence-corrected chi connectivity index (χ3v) is 4.95. The van der Waals surface area contributed by atoms with E-state index in [1.54, 1.807) is 13.4 Å². The second-order valence-corrected chi connectivity index (χ2v) is 7.01. The van der Waals surface area contributed by atoms with Crippen LogP contribution in [0.25, 0.3) is 22.8 Å². The number of benzene rings is 2. The second-order valence-electron chi connectivity index (χ2n) is 5.63. The molecule has 2 aromatic heterocycles. The van der Waals surface area contributed by atoms with Crippen molar-refractivity contribution in [3.63, 3.8) is 0 Å². The molecule has 8 heteroatoms. The number of hydrogen-bond acceptors (Lipinski definition) is 6. The maximum Gasteiger partial charge on any atom is 0.226 e. The van der Waals surface area contributed by atoms with E-state index in [2.05, 4.69) is 20.2 Å². The molecular weight excluding hydrogens is 384 g/mol. The molecule has 136 valence electrons. The van der Waals surface area contributed by atoms with Crippen molar-refractivity contribution in [3.05, 3.63) is 65.5 Å². The molecule has 0 aliphatic heterocycles. The van der Waals surface area contributed by atoms with Crippen LogP contribution in [0, 0.1) is 0 Å². The Morgan fingerprint density at radius 1 is 1.04 bits per heavy atom. The molecule has 2 aromatic carbocycles. The van der Waals surface area contributed by atoms with Crippen LogP contribution in [0.1, 0.15) is 5.69 Å². The van der Waals surface area contributed by atoms with Gasteiger partial charge in [-0.1, -0.05) is 23.4 Å². The molecule has 0 fully saturated rings. The van der Waals surface area contributed by atoms with Gasteiger partial charge in [0.25, 0.3) is 0 Å². The predicted octanol–water partition coefficient (Wildman–Crippen LogP) is 5.08. The van der Waals surface area contributed by atoms with Crippen LogP contribution in [0.4, 0.5) is 0 Å². The molecule has 0 bridgehead atoms. The first-order valence-corrected chi connectivity index (χ1v) is 9.47. The SMILES string of the molecule is COc1ccc(-c2nc(CSc3n[nH]c(-c4ccc(Cl)cc4)n3)co2)cc1. The molecule has 0 aliphatic carbocycles. The Hall–Kier alpha value is -2.77. The summed E-state index contributed by atoms with van der Waals surface area (Å²) in [5.74, 6) is 2.68. The van der Waals surface area contributed by atoms with E-state index in [0.29, 0.717) is 27.6 Å². The van der Waals surface area contributed by atoms with E-state index in [4.69, 9.17) is 20.8 Å². The van der Waals surface area contributed by atoms with Crippen LogP contribution in [-0.2, 0) is 5.75 Å². The van der Waals surface area contributed by atoms with E-state index in [1.165, 1.54) is 11.8 Å². The highest BCUT2D eigenvalue weighted by atomic mass is 35.5. The number of aromatic nitrogens is 4. The van der Waals surface area contributed by atoms with Crippen molar-refractivity contribution in [2.24, 2.45) is 0 Å². The molecule has 27 heavy (non-hydrogen) atoms. The molecular formula is C19H15ClN4O2S. The number of ether oxygens (including phenoxy) is 1. The Morgan fingerprint density at radius 2 is 1.78 bits per heavy atom. The van der Waals surface area contributed by atoms with Gasteiger partial charge in [-0.3, -0.25) is 5.10 Å². The van der Waals surface area contributed by atoms with Crippen molar-refractivity contribution in [2.75, 3.05) is 7.11 Å². The average Bonchev–Trinajstić information content (AvgIpc) is 3.37. The molecule has 0 spiro atoms. The summed E-state index contributed by atoms with van der Waals surface area (Å²) in [6.45, 7) is 0. The summed E-state index contributed by atoms with van der Waals surface area (Å²) in [4.78, 5) is 9.01. The Morgan fingerprint density at radius 3 is 2.52 bits per heavy atom. The fraction of sp³-hybridized carbons (Fsp3) is 0.105. The normalized spacial score (nSPS) is 10.9. The maximum atomic E-state index is 5.91. The molecule has 0 aliphatic rings. The molecule has 4 rings (SSSR count). The summed E-state index contributed by atoms with van der Waals surface area (Å²) >= 11 is 7.40. The van der Waals surface area contributed by atoms with Gasteiger partial charge in [0, 0.05) is 21.9 Å². The fourth-order valence-corrected chi connectivity index (χ4v) is 3.23. The van der Waals surface area contributed by atoms with Gasteiger partial charge in [0.15, 0.2) is 5.82 Å². The van der Waals surface area contributed by atoms with Gasteiger partial charge in [0.2, 0.25) is 11.0 Å². The minimum Gasteiger partial charge on any atom is -0.497 e. The number of halogens is 1. The molecule has 4 aromatic rings. The van der Waals surface area contributed by atoms with Gasteiger partial charge in [-0.05, 0) is 48.5 Å². The summed E-state index contributed by atoms with van der Waals surface area (Å²) in [6.07, 6.45) is 1.65. The largest absolute Gasteiger partial charge is 0.497 e. The third kappa shape index (κ3) is 4.15. The summed E-state index contributed by atoms with van der Waals surface area (Å²) in [5.41, 5.74) is 2.65. The zero-order valence-corrected chi connectivity index (χ0v) is 15.9. The number of hydrogen-bond donors (Lipinski definition) is 1. The van der Waals surface area contributed by atoms with E-state index in [9.17, 15) is 0 Å². The van der Waals surface area contributed by atoms with Gasteiger partial charge in [0.1, 0.15) is 12.0 Å². The van der Waals surface area contributed by atoms with Crippen LogP contribution < -0.4 is 4.74 Å². The lowest BCUT2D eigenvalue weighted by molar-refractivity contribution is 0.415. The summed E-state index contributed by atoms with van der Waals surface area (Å²) in [5, 5.41) is 8.51. The number of thioether (sulfide) groups is 1. The van der Waals surface area contributed by atoms with E-state index < -0.39 is 0 Å². The van der Waals surface area contributed by atoms with Crippen LogP contribution in [0.2, 0.25) is 5.02 Å². The van der Waals surface area contributed by atoms with E-state index >= 15 is 0 Å². The smallest absolute Gasteiger partial charge is 0.226 e. The Balaban J connectivity index is 1.40. The number of nitrogens with one attached hydrogen (secondary N) is 1. The zero-order chi connectivity index (χ0) is 18.6. The van der Waals surface area contributed by atoms with Crippen LogP contribution in [-0.4, -0.2) is 27.3 Å². The number of nitrogens with zero attached hydrogens (tertiary/aromatic N) is 3. The highest BCUT2D eigenvalue weighted by molar-refractivity contribution is 7.98. The fourth-order valence-electron chi connectivity index (χ4n) is 2.43. The highest BCUT2D eigenvalue weighted by Gasteiger charge is 2.10. The first-order valence-electron chi connectivity index (χ1n) is 8.11. The van der Waals surface area contributed by atoms with Crippen molar-refractivity contribution in [1.29, 1.82) is 0 Å². The Kier molecular flexibility index (Phi) is 5.13. The van der Waals surface area contributed by atoms with Crippen molar-refractivity contribution < 1.29 is 9.15 Å². The van der Waals surface area contributed by atoms with Gasteiger partial charge < -0.3 is 9.15 Å². The molecule has 0 unspecified atom stereocenters. The summed E-state index contributed by atoms with van der Waals surface area (Å²) in [7, 11) is 1.64. The van der Waals surface area contributed by atoms with Gasteiger partial charge in [-0.25, -0.2) is 9.97 Å². The van der Waals surface area contributed by atoms with Crippen LogP contribution in [0.3, 0.4) is 0 Å². The molecule has 2 heterocycles. The lowest BCUT2D eigenvalue weighted by Gasteiger charge is -1.99. The third-order valence-electron chi connectivity index (χ3n) is 3.82. The Bertz CT molecular complexity index is 1030.